The van der Waals surface area contributed by atoms with Crippen molar-refractivity contribution in [3.05, 3.63) is 85.1 Å². The lowest BCUT2D eigenvalue weighted by atomic mass is 9.81. The molecule has 0 radical (unpaired) electrons. The first-order valence-corrected chi connectivity index (χ1v) is 28.5. The second kappa shape index (κ2) is 32.7. The third-order valence-electron chi connectivity index (χ3n) is 16.1. The Morgan fingerprint density at radius 2 is 1.24 bits per heavy atom. The zero-order chi connectivity index (χ0) is 60.5. The van der Waals surface area contributed by atoms with Gasteiger partial charge in [0.2, 0.25) is 11.7 Å². The summed E-state index contributed by atoms with van der Waals surface area (Å²) in [5.41, 5.74) is 0. The highest BCUT2D eigenvalue weighted by Gasteiger charge is 2.53. The molecule has 0 spiro atoms. The highest BCUT2D eigenvalue weighted by Crippen LogP contribution is 2.39. The summed E-state index contributed by atoms with van der Waals surface area (Å²) in [6.45, 7) is 7.20. The number of rotatable bonds is 6. The molecule has 5 aliphatic heterocycles. The molecule has 24 nitrogen and oxygen atoms in total. The van der Waals surface area contributed by atoms with E-state index in [1.165, 1.54) is 6.92 Å². The van der Waals surface area contributed by atoms with Gasteiger partial charge in [0.1, 0.15) is 30.5 Å². The van der Waals surface area contributed by atoms with E-state index in [-0.39, 0.29) is 31.6 Å². The van der Waals surface area contributed by atoms with E-state index in [2.05, 4.69) is 5.32 Å². The van der Waals surface area contributed by atoms with Crippen LogP contribution in [0.15, 0.2) is 85.1 Å². The number of piperazine rings is 1. The summed E-state index contributed by atoms with van der Waals surface area (Å²) in [6.07, 6.45) is -2.63. The molecule has 0 aromatic rings. The molecule has 24 heteroatoms. The average molecular weight is 1170 g/mol. The number of esters is 1. The molecular formula is C58H93N3O21. The molecule has 0 saturated carbocycles. The van der Waals surface area contributed by atoms with Gasteiger partial charge in [0.25, 0.3) is 0 Å². The summed E-state index contributed by atoms with van der Waals surface area (Å²) in [5.74, 6) is -8.12. The number of nitrogens with one attached hydrogen (secondary N) is 1. The van der Waals surface area contributed by atoms with Gasteiger partial charge in [0, 0.05) is 63.7 Å². The van der Waals surface area contributed by atoms with Gasteiger partial charge in [-0.3, -0.25) is 9.59 Å². The van der Waals surface area contributed by atoms with Crippen LogP contribution in [-0.4, -0.2) is 261 Å². The van der Waals surface area contributed by atoms with Crippen LogP contribution in [0.25, 0.3) is 0 Å². The van der Waals surface area contributed by atoms with Gasteiger partial charge in [-0.05, 0) is 40.2 Å². The number of likely N-dealkylation sites (N-methyl/N-ethyl adjacent to an activating group) is 1. The Balaban J connectivity index is 1.43. The van der Waals surface area contributed by atoms with Crippen molar-refractivity contribution in [2.24, 2.45) is 17.8 Å². The van der Waals surface area contributed by atoms with Crippen molar-refractivity contribution in [1.29, 1.82) is 0 Å². The van der Waals surface area contributed by atoms with Crippen LogP contribution in [-0.2, 0) is 33.3 Å². The van der Waals surface area contributed by atoms with Gasteiger partial charge in [-0.1, -0.05) is 98.9 Å². The Labute approximate surface area is 480 Å². The smallest absolute Gasteiger partial charge is 0.308 e. The van der Waals surface area contributed by atoms with Gasteiger partial charge in [-0.2, -0.15) is 0 Å². The minimum atomic E-state index is -2.46. The van der Waals surface area contributed by atoms with E-state index in [0.717, 1.165) is 0 Å². The van der Waals surface area contributed by atoms with Crippen molar-refractivity contribution in [2.75, 3.05) is 46.4 Å². The van der Waals surface area contributed by atoms with Crippen molar-refractivity contribution in [1.82, 2.24) is 15.1 Å². The van der Waals surface area contributed by atoms with E-state index in [4.69, 9.17) is 23.7 Å². The molecule has 4 saturated heterocycles. The van der Waals surface area contributed by atoms with Crippen molar-refractivity contribution >= 4 is 11.9 Å². The monoisotopic (exact) mass is 1170 g/mol. The molecule has 1 amide bonds. The Morgan fingerprint density at radius 1 is 0.646 bits per heavy atom. The number of aliphatic hydroxyl groups is 14. The number of carbonyl (C=O) groups excluding carboxylic acids is 2. The molecule has 23 atom stereocenters. The van der Waals surface area contributed by atoms with E-state index in [1.807, 2.05) is 24.9 Å². The minimum Gasteiger partial charge on any atom is -0.462 e. The number of aliphatic hydroxyl groups excluding tert-OH is 12. The molecule has 82 heavy (non-hydrogen) atoms. The summed E-state index contributed by atoms with van der Waals surface area (Å²) in [6, 6.07) is -1.33. The predicted molar refractivity (Wildman–Crippen MR) is 296 cm³/mol. The second-order valence-corrected chi connectivity index (χ2v) is 22.8. The van der Waals surface area contributed by atoms with Crippen LogP contribution >= 0.6 is 0 Å². The molecule has 4 fully saturated rings. The normalized spacial score (nSPS) is 42.9. The molecule has 0 aromatic carbocycles. The van der Waals surface area contributed by atoms with Gasteiger partial charge in [0.15, 0.2) is 12.1 Å². The fraction of sp³-hybridized carbons (Fsp3) is 0.724. The summed E-state index contributed by atoms with van der Waals surface area (Å²) >= 11 is 0. The average Bonchev–Trinajstić information content (AvgIpc) is 3.58. The van der Waals surface area contributed by atoms with E-state index in [1.54, 1.807) is 97.7 Å². The lowest BCUT2D eigenvalue weighted by Crippen LogP contribution is -2.69. The van der Waals surface area contributed by atoms with Crippen molar-refractivity contribution in [2.45, 2.75) is 201 Å². The molecule has 0 aromatic heterocycles. The zero-order valence-corrected chi connectivity index (χ0v) is 47.6. The number of cyclic esters (lactones) is 1. The summed E-state index contributed by atoms with van der Waals surface area (Å²) in [5, 5.41) is 157. The lowest BCUT2D eigenvalue weighted by Gasteiger charge is -2.48. The van der Waals surface area contributed by atoms with E-state index < -0.39 is 184 Å². The third-order valence-corrected chi connectivity index (χ3v) is 16.1. The Hall–Kier alpha value is -3.68. The third kappa shape index (κ3) is 20.5. The van der Waals surface area contributed by atoms with Crippen LogP contribution in [0.2, 0.25) is 0 Å². The van der Waals surface area contributed by atoms with E-state index in [9.17, 15) is 81.1 Å². The van der Waals surface area contributed by atoms with Crippen molar-refractivity contribution in [3.63, 3.8) is 0 Å². The highest BCUT2D eigenvalue weighted by molar-refractivity contribution is 5.80. The van der Waals surface area contributed by atoms with Crippen LogP contribution in [0, 0.1) is 17.8 Å². The van der Waals surface area contributed by atoms with Gasteiger partial charge in [-0.25, -0.2) is 0 Å². The number of ether oxygens (including phenoxy) is 5. The van der Waals surface area contributed by atoms with Crippen molar-refractivity contribution < 1.29 is 105 Å². The minimum absolute atomic E-state index is 0.124. The van der Waals surface area contributed by atoms with E-state index >= 15 is 0 Å². The maximum atomic E-state index is 14.5. The first kappa shape index (κ1) is 69.1. The van der Waals surface area contributed by atoms with Crippen LogP contribution in [0.3, 0.4) is 0 Å². The molecule has 5 rings (SSSR count). The topological polar surface area (TPSA) is 382 Å². The van der Waals surface area contributed by atoms with Crippen LogP contribution < -0.4 is 5.32 Å². The molecule has 5 aliphatic rings. The maximum Gasteiger partial charge on any atom is 0.308 e. The number of nitrogens with zero attached hydrogens (tertiary/aromatic N) is 2. The SMILES string of the molecule is CC1[C@H](C)OC(=O)C[C@H](O)C[C@H](O)CC[C@@H](O)[C@H](O)C[C@H](O)C[C@]2(O)C[C@H](O)C(C(=O)N3CCN(C)CC3)C(C[C@@H](OC3O[C@H](C)[C@@H](O)[C@H](NC[C@@]4(O)OC[C@@H](O)[C@H](O)[C@@H]4O)[C@@H]3O)C=CC=CC=CC=CC=CC=CC=C[C@H](C)[C@H]1O)O2. The first-order valence-electron chi connectivity index (χ1n) is 28.5. The number of allylic oxidation sites excluding steroid dienone is 12. The molecule has 466 valence electrons. The summed E-state index contributed by atoms with van der Waals surface area (Å²) in [4.78, 5) is 30.9. The molecule has 4 unspecified atom stereocenters. The molecular weight excluding hydrogens is 1070 g/mol. The van der Waals surface area contributed by atoms with Gasteiger partial charge >= 0.3 is 5.97 Å². The highest BCUT2D eigenvalue weighted by atomic mass is 16.7. The zero-order valence-electron chi connectivity index (χ0n) is 47.6. The number of fused-ring (bicyclic) bond motifs is 2. The standard InChI is InChI=1S/C58H93N3O21/c1-34-18-16-14-12-10-8-6-7-9-11-13-15-17-19-41(81-56-53(73)49(51(71)37(4)80-56)59-33-58(77)54(74)52(72)45(68)32-78-58)29-46-48(55(75)61-24-22-60(5)23-25-61)44(67)31-57(76,82-46)30-40(64)27-43(66)42(65)21-20-38(62)26-39(63)28-47(69)79-36(3)35(2)50(34)70/h6-19,34-46,48-54,56,59,62-68,70-74,76-77H,20-33H2,1-5H3/t34-,35?,36-,37+,38+,39+,40-,41-,42+,43+,44-,45+,46?,48?,49-,50+,51+,52-,53-,54-,56?,57+,58+/m0/s1. The number of amides is 1. The molecule has 5 heterocycles. The molecule has 2 bridgehead atoms. The lowest BCUT2D eigenvalue weighted by molar-refractivity contribution is -0.323. The maximum absolute atomic E-state index is 14.5. The number of carbonyl (C=O) groups is 2. The second-order valence-electron chi connectivity index (χ2n) is 22.8. The summed E-state index contributed by atoms with van der Waals surface area (Å²) in [7, 11) is 1.90. The number of hydrogen-bond donors (Lipinski definition) is 15. The fourth-order valence-electron chi connectivity index (χ4n) is 10.7. The predicted octanol–water partition coefficient (Wildman–Crippen LogP) is -2.17. The van der Waals surface area contributed by atoms with Crippen molar-refractivity contribution in [3.8, 4) is 0 Å². The number of hydrogen-bond acceptors (Lipinski definition) is 23. The van der Waals surface area contributed by atoms with Gasteiger partial charge in [0.05, 0.1) is 98.7 Å². The largest absolute Gasteiger partial charge is 0.462 e. The Morgan fingerprint density at radius 3 is 1.87 bits per heavy atom. The Bertz CT molecular complexity index is 2170. The summed E-state index contributed by atoms with van der Waals surface area (Å²) < 4.78 is 29.6. The molecule has 15 N–H and O–H groups in total. The quantitative estimate of drug-likeness (QED) is 0.126. The van der Waals surface area contributed by atoms with E-state index in [0.29, 0.717) is 26.2 Å². The Kier molecular flexibility index (Phi) is 27.6. The molecule has 0 aliphatic carbocycles. The van der Waals surface area contributed by atoms with Gasteiger partial charge in [-0.15, -0.1) is 0 Å². The fourth-order valence-corrected chi connectivity index (χ4v) is 10.7. The first-order chi connectivity index (χ1) is 38.7. The van der Waals surface area contributed by atoms with Crippen LogP contribution in [0.1, 0.15) is 79.1 Å². The van der Waals surface area contributed by atoms with Crippen LogP contribution in [0.5, 0.6) is 0 Å². The van der Waals surface area contributed by atoms with Gasteiger partial charge < -0.3 is 110 Å². The van der Waals surface area contributed by atoms with Crippen LogP contribution in [0.4, 0.5) is 0 Å².